The number of benzene rings is 1. The predicted octanol–water partition coefficient (Wildman–Crippen LogP) is 2.92. The van der Waals surface area contributed by atoms with Gasteiger partial charge in [-0.25, -0.2) is 0 Å². The van der Waals surface area contributed by atoms with Crippen LogP contribution < -0.4 is 5.32 Å². The third-order valence-electron chi connectivity index (χ3n) is 3.88. The number of hydrogen-bond donors (Lipinski definition) is 2. The summed E-state index contributed by atoms with van der Waals surface area (Å²) in [6, 6.07) is 8.93. The molecule has 0 aliphatic carbocycles. The summed E-state index contributed by atoms with van der Waals surface area (Å²) in [7, 11) is 0. The van der Waals surface area contributed by atoms with E-state index in [0.717, 1.165) is 25.8 Å². The monoisotopic (exact) mass is 333 g/mol. The van der Waals surface area contributed by atoms with Crippen molar-refractivity contribution in [3.05, 3.63) is 41.1 Å². The van der Waals surface area contributed by atoms with Crippen molar-refractivity contribution in [3.63, 3.8) is 0 Å². The second-order valence-electron chi connectivity index (χ2n) is 5.52. The van der Waals surface area contributed by atoms with Crippen molar-refractivity contribution in [2.75, 3.05) is 18.5 Å². The van der Waals surface area contributed by atoms with E-state index in [4.69, 9.17) is 16.7 Å². The highest BCUT2D eigenvalue weighted by Gasteiger charge is 2.21. The number of carbonyl (C=O) groups is 1. The van der Waals surface area contributed by atoms with Gasteiger partial charge in [-0.3, -0.25) is 4.79 Å². The van der Waals surface area contributed by atoms with Crippen molar-refractivity contribution < 1.29 is 9.90 Å². The Morgan fingerprint density at radius 3 is 3.04 bits per heavy atom. The second kappa shape index (κ2) is 8.56. The highest BCUT2D eigenvalue weighted by molar-refractivity contribution is 6.31. The van der Waals surface area contributed by atoms with Crippen LogP contribution in [0.4, 0.5) is 5.69 Å². The van der Waals surface area contributed by atoms with Crippen LogP contribution >= 0.6 is 11.6 Å². The summed E-state index contributed by atoms with van der Waals surface area (Å²) in [5.41, 5.74) is 0.601. The maximum Gasteiger partial charge on any atom is 0.267 e. The van der Waals surface area contributed by atoms with Gasteiger partial charge in [0, 0.05) is 36.1 Å². The molecule has 0 spiro atoms. The van der Waals surface area contributed by atoms with Gasteiger partial charge in [-0.1, -0.05) is 17.7 Å². The van der Waals surface area contributed by atoms with E-state index in [1.165, 1.54) is 0 Å². The van der Waals surface area contributed by atoms with Crippen LogP contribution in [-0.2, 0) is 4.79 Å². The van der Waals surface area contributed by atoms with Crippen LogP contribution in [0.3, 0.4) is 0 Å². The van der Waals surface area contributed by atoms with Gasteiger partial charge in [-0.2, -0.15) is 5.26 Å². The largest absolute Gasteiger partial charge is 0.396 e. The summed E-state index contributed by atoms with van der Waals surface area (Å²) in [6.45, 7) is 0.895. The highest BCUT2D eigenvalue weighted by atomic mass is 35.5. The van der Waals surface area contributed by atoms with Crippen molar-refractivity contribution in [1.82, 2.24) is 4.90 Å². The summed E-state index contributed by atoms with van der Waals surface area (Å²) >= 11 is 5.89. The molecule has 1 aliphatic heterocycles. The lowest BCUT2D eigenvalue weighted by Gasteiger charge is -2.34. The van der Waals surface area contributed by atoms with E-state index in [0.29, 0.717) is 17.1 Å². The number of rotatable bonds is 5. The summed E-state index contributed by atoms with van der Waals surface area (Å²) in [6.07, 6.45) is 5.34. The van der Waals surface area contributed by atoms with Gasteiger partial charge in [0.05, 0.1) is 0 Å². The van der Waals surface area contributed by atoms with Gasteiger partial charge in [0.2, 0.25) is 0 Å². The Labute approximate surface area is 141 Å². The average Bonchev–Trinajstić information content (AvgIpc) is 2.54. The van der Waals surface area contributed by atoms with Gasteiger partial charge >= 0.3 is 0 Å². The number of likely N-dealkylation sites (tertiary alicyclic amines) is 1. The Balaban J connectivity index is 2.10. The Morgan fingerprint density at radius 2 is 2.35 bits per heavy atom. The zero-order valence-electron chi connectivity index (χ0n) is 12.8. The van der Waals surface area contributed by atoms with Gasteiger partial charge in [0.15, 0.2) is 0 Å². The number of aliphatic hydroxyl groups is 1. The molecule has 0 bridgehead atoms. The third kappa shape index (κ3) is 4.98. The molecule has 23 heavy (non-hydrogen) atoms. The van der Waals surface area contributed by atoms with E-state index in [1.54, 1.807) is 30.5 Å². The number of nitrogens with one attached hydrogen (secondary N) is 1. The van der Waals surface area contributed by atoms with Gasteiger partial charge in [0.1, 0.15) is 11.6 Å². The van der Waals surface area contributed by atoms with E-state index in [2.05, 4.69) is 5.32 Å². The normalized spacial score (nSPS) is 18.4. The number of amides is 1. The van der Waals surface area contributed by atoms with Crippen LogP contribution in [0.25, 0.3) is 0 Å². The van der Waals surface area contributed by atoms with Gasteiger partial charge in [0.25, 0.3) is 5.91 Å². The number of anilines is 1. The first kappa shape index (κ1) is 17.3. The maximum atomic E-state index is 12.3. The summed E-state index contributed by atoms with van der Waals surface area (Å²) in [5, 5.41) is 21.6. The van der Waals surface area contributed by atoms with Crippen LogP contribution in [0.15, 0.2) is 36.0 Å². The molecule has 1 aliphatic rings. The molecule has 6 heteroatoms. The SMILES string of the molecule is N#C/C(=C/N1CCCCC1CCO)C(=O)Nc1cccc(Cl)c1. The van der Waals surface area contributed by atoms with E-state index < -0.39 is 5.91 Å². The number of hydrogen-bond acceptors (Lipinski definition) is 4. The van der Waals surface area contributed by atoms with Crippen LogP contribution in [0.1, 0.15) is 25.7 Å². The molecule has 1 fully saturated rings. The van der Waals surface area contributed by atoms with Crippen LogP contribution in [0.5, 0.6) is 0 Å². The van der Waals surface area contributed by atoms with Crippen molar-refractivity contribution >= 4 is 23.2 Å². The highest BCUT2D eigenvalue weighted by Crippen LogP contribution is 2.21. The van der Waals surface area contributed by atoms with Gasteiger partial charge < -0.3 is 15.3 Å². The lowest BCUT2D eigenvalue weighted by atomic mass is 10.00. The Morgan fingerprint density at radius 1 is 1.52 bits per heavy atom. The van der Waals surface area contributed by atoms with Crippen LogP contribution in [-0.4, -0.2) is 35.1 Å². The molecule has 1 unspecified atom stereocenters. The smallest absolute Gasteiger partial charge is 0.267 e. The van der Waals surface area contributed by atoms with Crippen molar-refractivity contribution in [2.24, 2.45) is 0 Å². The minimum Gasteiger partial charge on any atom is -0.396 e. The molecule has 1 aromatic carbocycles. The lowest BCUT2D eigenvalue weighted by molar-refractivity contribution is -0.112. The number of piperidine rings is 1. The standard InChI is InChI=1S/C17H20ClN3O2/c18-14-4-3-5-15(10-14)20-17(23)13(11-19)12-21-8-2-1-6-16(21)7-9-22/h3-5,10,12,16,22H,1-2,6-9H2,(H,20,23)/b13-12-. The summed E-state index contributed by atoms with van der Waals surface area (Å²) < 4.78 is 0. The molecule has 0 aromatic heterocycles. The zero-order valence-corrected chi connectivity index (χ0v) is 13.6. The molecule has 1 amide bonds. The number of carbonyl (C=O) groups excluding carboxylic acids is 1. The van der Waals surface area contributed by atoms with Crippen LogP contribution in [0, 0.1) is 11.3 Å². The first-order valence-electron chi connectivity index (χ1n) is 7.69. The minimum atomic E-state index is -0.455. The molecule has 1 aromatic rings. The van der Waals surface area contributed by atoms with E-state index >= 15 is 0 Å². The molecule has 1 heterocycles. The molecule has 1 saturated heterocycles. The fourth-order valence-electron chi connectivity index (χ4n) is 2.72. The second-order valence-corrected chi connectivity index (χ2v) is 5.96. The molecule has 0 radical (unpaired) electrons. The molecule has 0 saturated carbocycles. The molecular weight excluding hydrogens is 314 g/mol. The first-order valence-corrected chi connectivity index (χ1v) is 8.07. The van der Waals surface area contributed by atoms with E-state index in [9.17, 15) is 10.1 Å². The molecule has 2 rings (SSSR count). The molecule has 5 nitrogen and oxygen atoms in total. The van der Waals surface area contributed by atoms with E-state index in [-0.39, 0.29) is 18.2 Å². The minimum absolute atomic E-state index is 0.0508. The van der Waals surface area contributed by atoms with Crippen LogP contribution in [0.2, 0.25) is 5.02 Å². The van der Waals surface area contributed by atoms with Crippen molar-refractivity contribution in [1.29, 1.82) is 5.26 Å². The Bertz CT molecular complexity index is 623. The van der Waals surface area contributed by atoms with Crippen molar-refractivity contribution in [2.45, 2.75) is 31.7 Å². The van der Waals surface area contributed by atoms with Crippen molar-refractivity contribution in [3.8, 4) is 6.07 Å². The number of nitriles is 1. The topological polar surface area (TPSA) is 76.4 Å². The summed E-state index contributed by atoms with van der Waals surface area (Å²) in [5.74, 6) is -0.455. The number of nitrogens with zero attached hydrogens (tertiary/aromatic N) is 2. The first-order chi connectivity index (χ1) is 11.1. The van der Waals surface area contributed by atoms with Gasteiger partial charge in [-0.15, -0.1) is 0 Å². The predicted molar refractivity (Wildman–Crippen MR) is 89.8 cm³/mol. The zero-order chi connectivity index (χ0) is 16.7. The van der Waals surface area contributed by atoms with E-state index in [1.807, 2.05) is 11.0 Å². The summed E-state index contributed by atoms with van der Waals surface area (Å²) in [4.78, 5) is 14.3. The molecule has 2 N–H and O–H groups in total. The Hall–Kier alpha value is -2.03. The number of aliphatic hydroxyl groups excluding tert-OH is 1. The average molecular weight is 334 g/mol. The molecular formula is C17H20ClN3O2. The quantitative estimate of drug-likeness (QED) is 0.641. The lowest BCUT2D eigenvalue weighted by Crippen LogP contribution is -2.37. The fourth-order valence-corrected chi connectivity index (χ4v) is 2.91. The maximum absolute atomic E-state index is 12.3. The molecule has 1 atom stereocenters. The number of halogens is 1. The molecule has 122 valence electrons. The Kier molecular flexibility index (Phi) is 6.45. The van der Waals surface area contributed by atoms with Gasteiger partial charge in [-0.05, 0) is 43.9 Å². The third-order valence-corrected chi connectivity index (χ3v) is 4.11. The fraction of sp³-hybridized carbons (Fsp3) is 0.412.